The van der Waals surface area contributed by atoms with Crippen LogP contribution in [-0.4, -0.2) is 57.2 Å². The van der Waals surface area contributed by atoms with Gasteiger partial charge >= 0.3 is 0 Å². The summed E-state index contributed by atoms with van der Waals surface area (Å²) in [4.78, 5) is 63.1. The number of aromatic nitrogens is 3. The fourth-order valence-electron chi connectivity index (χ4n) is 4.93. The number of aromatic amines is 2. The minimum Gasteiger partial charge on any atom is -0.443 e. The number of H-pyrrole nitrogens is 2. The zero-order chi connectivity index (χ0) is 28.9. The number of amides is 4. The Morgan fingerprint density at radius 1 is 1.05 bits per heavy atom. The molecule has 4 amide bonds. The number of hydrogen-bond donors (Lipinski definition) is 6. The van der Waals surface area contributed by atoms with Crippen LogP contribution in [0.4, 0.5) is 0 Å². The van der Waals surface area contributed by atoms with E-state index in [1.54, 1.807) is 32.2 Å². The molecule has 4 heterocycles. The predicted octanol–water partition coefficient (Wildman–Crippen LogP) is 2.41. The summed E-state index contributed by atoms with van der Waals surface area (Å²) < 4.78 is 5.71. The van der Waals surface area contributed by atoms with Crippen LogP contribution in [-0.2, 0) is 16.0 Å². The van der Waals surface area contributed by atoms with Gasteiger partial charge in [0.2, 0.25) is 17.7 Å². The Kier molecular flexibility index (Phi) is 8.18. The first-order chi connectivity index (χ1) is 19.8. The highest BCUT2D eigenvalue weighted by Crippen LogP contribution is 2.21. The lowest BCUT2D eigenvalue weighted by molar-refractivity contribution is -0.130. The summed E-state index contributed by atoms with van der Waals surface area (Å²) in [6.45, 7) is 3.69. The molecule has 5 rings (SSSR count). The van der Waals surface area contributed by atoms with Gasteiger partial charge in [0.25, 0.3) is 11.8 Å². The first-order valence-corrected chi connectivity index (χ1v) is 13.7. The average Bonchev–Trinajstić information content (AvgIpc) is 3.72. The van der Waals surface area contributed by atoms with E-state index in [1.807, 2.05) is 30.5 Å². The third-order valence-corrected chi connectivity index (χ3v) is 7.16. The molecule has 12 nitrogen and oxygen atoms in total. The largest absolute Gasteiger partial charge is 0.443 e. The Bertz CT molecular complexity index is 1550. The van der Waals surface area contributed by atoms with E-state index in [2.05, 4.69) is 36.2 Å². The Balaban J connectivity index is 1.44. The van der Waals surface area contributed by atoms with Crippen molar-refractivity contribution in [1.29, 1.82) is 0 Å². The van der Waals surface area contributed by atoms with Crippen LogP contribution in [0.25, 0.3) is 10.9 Å². The summed E-state index contributed by atoms with van der Waals surface area (Å²) in [6, 6.07) is 8.45. The fourth-order valence-corrected chi connectivity index (χ4v) is 4.93. The van der Waals surface area contributed by atoms with Crippen molar-refractivity contribution in [3.63, 3.8) is 0 Å². The van der Waals surface area contributed by atoms with Crippen LogP contribution in [0.1, 0.15) is 70.4 Å². The number of rotatable bonds is 4. The highest BCUT2D eigenvalue weighted by Gasteiger charge is 2.30. The molecule has 6 N–H and O–H groups in total. The summed E-state index contributed by atoms with van der Waals surface area (Å²) in [5.74, 6) is -1.23. The number of oxazole rings is 1. The normalized spacial score (nSPS) is 20.7. The summed E-state index contributed by atoms with van der Waals surface area (Å²) >= 11 is 0. The zero-order valence-corrected chi connectivity index (χ0v) is 22.9. The van der Waals surface area contributed by atoms with Crippen molar-refractivity contribution in [2.24, 2.45) is 0 Å². The molecule has 12 heteroatoms. The number of nitrogens with one attached hydrogen (secondary N) is 6. The quantitative estimate of drug-likeness (QED) is 0.224. The van der Waals surface area contributed by atoms with Crippen LogP contribution in [0, 0.1) is 6.92 Å². The van der Waals surface area contributed by atoms with Gasteiger partial charge in [0.05, 0.1) is 0 Å². The maximum absolute atomic E-state index is 13.6. The van der Waals surface area contributed by atoms with E-state index in [0.717, 1.165) is 16.5 Å². The Morgan fingerprint density at radius 3 is 2.68 bits per heavy atom. The first-order valence-electron chi connectivity index (χ1n) is 13.7. The molecule has 0 fully saturated rings. The van der Waals surface area contributed by atoms with Gasteiger partial charge < -0.3 is 35.7 Å². The van der Waals surface area contributed by atoms with Crippen LogP contribution < -0.4 is 21.3 Å². The summed E-state index contributed by atoms with van der Waals surface area (Å²) in [6.07, 6.45) is 5.04. The Morgan fingerprint density at radius 2 is 1.88 bits per heavy atom. The lowest BCUT2D eigenvalue weighted by Crippen LogP contribution is -2.54. The standard InChI is InChI=1S/C29H33N7O5/c1-16-29-36-24(17(2)41-29)28(40)31-12-6-5-10-22(34-25(37)21-11-7-13-30-21)26(38)35-23(27(39)33-16)14-18-15-32-20-9-4-3-8-19(18)20/h3-4,7-9,11,13,15-16,22-23,30,32H,5-6,10,12,14H2,1-2H3,(H,31,40)(H,33,39)(H,34,37)(H,35,38)/t16-,22+,23-/m1/s1. The number of benzene rings is 1. The van der Waals surface area contributed by atoms with Crippen molar-refractivity contribution < 1.29 is 23.6 Å². The monoisotopic (exact) mass is 559 g/mol. The number of hydrogen-bond acceptors (Lipinski definition) is 6. The Hall–Kier alpha value is -4.87. The van der Waals surface area contributed by atoms with E-state index < -0.39 is 35.8 Å². The van der Waals surface area contributed by atoms with Gasteiger partial charge in [-0.2, -0.15) is 0 Å². The third-order valence-electron chi connectivity index (χ3n) is 7.16. The number of nitrogens with zero attached hydrogens (tertiary/aromatic N) is 1. The van der Waals surface area contributed by atoms with Gasteiger partial charge in [0.15, 0.2) is 5.69 Å². The average molecular weight is 560 g/mol. The molecular formula is C29H33N7O5. The van der Waals surface area contributed by atoms with E-state index in [4.69, 9.17) is 4.42 Å². The molecule has 0 radical (unpaired) electrons. The Labute approximate surface area is 236 Å². The van der Waals surface area contributed by atoms with Gasteiger partial charge in [0, 0.05) is 36.3 Å². The zero-order valence-electron chi connectivity index (χ0n) is 22.9. The molecule has 0 spiro atoms. The van der Waals surface area contributed by atoms with Crippen LogP contribution in [0.2, 0.25) is 0 Å². The molecule has 0 saturated carbocycles. The van der Waals surface area contributed by atoms with Crippen LogP contribution in [0.15, 0.2) is 53.2 Å². The molecule has 41 heavy (non-hydrogen) atoms. The van der Waals surface area contributed by atoms with E-state index >= 15 is 0 Å². The second-order valence-corrected chi connectivity index (χ2v) is 10.2. The van der Waals surface area contributed by atoms with Gasteiger partial charge in [-0.3, -0.25) is 19.2 Å². The number of fused-ring (bicyclic) bond motifs is 3. The van der Waals surface area contributed by atoms with Crippen LogP contribution >= 0.6 is 0 Å². The van der Waals surface area contributed by atoms with Crippen LogP contribution in [0.3, 0.4) is 0 Å². The minimum absolute atomic E-state index is 0.160. The highest BCUT2D eigenvalue weighted by atomic mass is 16.4. The SMILES string of the molecule is Cc1oc2nc1C(=O)NCCCC[C@H](NC(=O)c1ccc[nH]1)C(=O)N[C@H](Cc1c[nH]c3ccccc13)C(=O)N[C@@H]2C. The molecule has 3 atom stereocenters. The molecule has 4 aromatic rings. The molecular weight excluding hydrogens is 526 g/mol. The maximum atomic E-state index is 13.6. The highest BCUT2D eigenvalue weighted by molar-refractivity contribution is 5.97. The van der Waals surface area contributed by atoms with Gasteiger partial charge in [-0.1, -0.05) is 18.2 Å². The van der Waals surface area contributed by atoms with E-state index in [0.29, 0.717) is 37.3 Å². The number of para-hydroxylation sites is 1. The topological polar surface area (TPSA) is 174 Å². The van der Waals surface area contributed by atoms with E-state index in [-0.39, 0.29) is 23.9 Å². The minimum atomic E-state index is -0.972. The smallest absolute Gasteiger partial charge is 0.273 e. The molecule has 214 valence electrons. The molecule has 3 aromatic heterocycles. The molecule has 0 saturated heterocycles. The van der Waals surface area contributed by atoms with E-state index in [1.165, 1.54) is 0 Å². The van der Waals surface area contributed by atoms with Crippen molar-refractivity contribution in [1.82, 2.24) is 36.2 Å². The third kappa shape index (κ3) is 6.32. The van der Waals surface area contributed by atoms with Crippen molar-refractivity contribution in [2.45, 2.75) is 57.7 Å². The molecule has 2 bridgehead atoms. The molecule has 1 aliphatic rings. The number of carbonyl (C=O) groups excluding carboxylic acids is 4. The predicted molar refractivity (Wildman–Crippen MR) is 150 cm³/mol. The van der Waals surface area contributed by atoms with Crippen molar-refractivity contribution >= 4 is 34.5 Å². The first kappa shape index (κ1) is 27.7. The lowest BCUT2D eigenvalue weighted by Gasteiger charge is -2.24. The fraction of sp³-hybridized carbons (Fsp3) is 0.345. The van der Waals surface area contributed by atoms with Crippen molar-refractivity contribution in [3.05, 3.63) is 77.4 Å². The molecule has 1 aliphatic heterocycles. The van der Waals surface area contributed by atoms with Crippen LogP contribution in [0.5, 0.6) is 0 Å². The van der Waals surface area contributed by atoms with Gasteiger partial charge in [-0.05, 0) is 56.9 Å². The second kappa shape index (κ2) is 12.1. The van der Waals surface area contributed by atoms with Gasteiger partial charge in [-0.25, -0.2) is 4.98 Å². The van der Waals surface area contributed by atoms with Crippen molar-refractivity contribution in [3.8, 4) is 0 Å². The maximum Gasteiger partial charge on any atom is 0.273 e. The number of aryl methyl sites for hydroxylation is 1. The van der Waals surface area contributed by atoms with Gasteiger partial charge in [0.1, 0.15) is 29.6 Å². The summed E-state index contributed by atoms with van der Waals surface area (Å²) in [5.41, 5.74) is 2.24. The molecule has 0 aliphatic carbocycles. The molecule has 0 unspecified atom stereocenters. The van der Waals surface area contributed by atoms with Crippen molar-refractivity contribution in [2.75, 3.05) is 6.54 Å². The number of carbonyl (C=O) groups is 4. The molecule has 1 aromatic carbocycles. The van der Waals surface area contributed by atoms with Gasteiger partial charge in [-0.15, -0.1) is 0 Å². The lowest BCUT2D eigenvalue weighted by atomic mass is 10.0. The van der Waals surface area contributed by atoms with E-state index in [9.17, 15) is 19.2 Å². The summed E-state index contributed by atoms with van der Waals surface area (Å²) in [5, 5.41) is 12.3. The summed E-state index contributed by atoms with van der Waals surface area (Å²) in [7, 11) is 0. The second-order valence-electron chi connectivity index (χ2n) is 10.2.